The van der Waals surface area contributed by atoms with E-state index in [-0.39, 0.29) is 5.31 Å². The average molecular weight is 256 g/mol. The minimum absolute atomic E-state index is 0.150. The first-order valence-electron chi connectivity index (χ1n) is 2.69. The summed E-state index contributed by atoms with van der Waals surface area (Å²) >= 11 is 21.9. The van der Waals surface area contributed by atoms with Crippen molar-refractivity contribution < 1.29 is 4.57 Å². The Morgan fingerprint density at radius 1 is 1.45 bits per heavy atom. The summed E-state index contributed by atoms with van der Waals surface area (Å²) in [5.74, 6) is -3.36. The second-order valence-electron chi connectivity index (χ2n) is 2.43. The second kappa shape index (κ2) is 3.89. The lowest BCUT2D eigenvalue weighted by Gasteiger charge is -2.19. The number of halogens is 4. The number of alkyl halides is 1. The van der Waals surface area contributed by atoms with Crippen LogP contribution < -0.4 is 0 Å². The van der Waals surface area contributed by atoms with E-state index in [1.54, 1.807) is 13.8 Å². The molecule has 1 nitrogen and oxygen atoms in total. The van der Waals surface area contributed by atoms with Gasteiger partial charge in [0, 0.05) is 10.8 Å². The Bertz CT molecular complexity index is 211. The third-order valence-corrected chi connectivity index (χ3v) is 4.04. The van der Waals surface area contributed by atoms with E-state index < -0.39 is 10.7 Å². The van der Waals surface area contributed by atoms with Crippen molar-refractivity contribution in [3.05, 3.63) is 10.8 Å². The predicted molar refractivity (Wildman–Crippen MR) is 53.2 cm³/mol. The Labute approximate surface area is 85.6 Å². The van der Waals surface area contributed by atoms with Gasteiger partial charge in [0.2, 0.25) is 0 Å². The van der Waals surface area contributed by atoms with Crippen LogP contribution in [0, 0.1) is 0 Å². The van der Waals surface area contributed by atoms with Gasteiger partial charge in [-0.1, -0.05) is 11.6 Å². The van der Waals surface area contributed by atoms with Gasteiger partial charge in [-0.3, -0.25) is 4.57 Å². The first-order valence-corrected chi connectivity index (χ1v) is 7.02. The summed E-state index contributed by atoms with van der Waals surface area (Å²) in [6.45, 7) is 3.22. The van der Waals surface area contributed by atoms with E-state index in [1.165, 1.54) is 0 Å². The largest absolute Gasteiger partial charge is 0.284 e. The van der Waals surface area contributed by atoms with Crippen molar-refractivity contribution in [2.24, 2.45) is 0 Å². The monoisotopic (exact) mass is 254 g/mol. The molecule has 0 rings (SSSR count). The summed E-state index contributed by atoms with van der Waals surface area (Å²) in [6.07, 6.45) is 0. The van der Waals surface area contributed by atoms with Gasteiger partial charge in [0.05, 0.1) is 4.87 Å². The number of hydrogen-bond acceptors (Lipinski definition) is 1. The lowest BCUT2D eigenvalue weighted by Crippen LogP contribution is -2.11. The maximum absolute atomic E-state index is 11.1. The second-order valence-corrected chi connectivity index (χ2v) is 8.37. The van der Waals surface area contributed by atoms with Crippen LogP contribution in [0.25, 0.3) is 0 Å². The summed E-state index contributed by atoms with van der Waals surface area (Å²) in [5.41, 5.74) is 1.06. The first-order chi connectivity index (χ1) is 4.69. The highest BCUT2D eigenvalue weighted by Gasteiger charge is 2.33. The highest BCUT2D eigenvalue weighted by Crippen LogP contribution is 2.67. The van der Waals surface area contributed by atoms with Gasteiger partial charge < -0.3 is 0 Å². The molecule has 0 aromatic carbocycles. The van der Waals surface area contributed by atoms with Gasteiger partial charge in [0.15, 0.2) is 0 Å². The molecule has 0 amide bonds. The quantitative estimate of drug-likeness (QED) is 0.514. The minimum Gasteiger partial charge on any atom is -0.284 e. The Balaban J connectivity index is 4.90. The van der Waals surface area contributed by atoms with Gasteiger partial charge in [0.1, 0.15) is 0 Å². The Kier molecular flexibility index (Phi) is 4.29. The summed E-state index contributed by atoms with van der Waals surface area (Å²) in [4.78, 5) is -0.874. The Morgan fingerprint density at radius 3 is 1.82 bits per heavy atom. The molecule has 0 N–H and O–H groups in total. The zero-order valence-electron chi connectivity index (χ0n) is 5.94. The molecule has 0 saturated carbocycles. The van der Waals surface area contributed by atoms with Gasteiger partial charge in [-0.05, 0) is 36.3 Å². The smallest absolute Gasteiger partial charge is 0.280 e. The summed E-state index contributed by atoms with van der Waals surface area (Å²) in [7, 11) is 0. The SMILES string of the molecule is CC(C)(Cl)/C(=C/Cl)P(=O)(Cl)Cl. The molecule has 0 atom stereocenters. The maximum Gasteiger partial charge on any atom is 0.280 e. The molecule has 0 heterocycles. The molecular weight excluding hydrogens is 249 g/mol. The van der Waals surface area contributed by atoms with Crippen molar-refractivity contribution in [1.82, 2.24) is 0 Å². The molecule has 0 unspecified atom stereocenters. The highest BCUT2D eigenvalue weighted by molar-refractivity contribution is 8.11. The van der Waals surface area contributed by atoms with E-state index in [0.717, 1.165) is 5.54 Å². The molecule has 6 heteroatoms. The van der Waals surface area contributed by atoms with Crippen molar-refractivity contribution in [3.8, 4) is 0 Å². The summed E-state index contributed by atoms with van der Waals surface area (Å²) in [5, 5.41) is 0.150. The van der Waals surface area contributed by atoms with Crippen LogP contribution in [0.2, 0.25) is 0 Å². The Morgan fingerprint density at radius 2 is 1.82 bits per heavy atom. The van der Waals surface area contributed by atoms with Gasteiger partial charge in [-0.15, -0.1) is 11.6 Å². The summed E-state index contributed by atoms with van der Waals surface area (Å²) < 4.78 is 11.1. The van der Waals surface area contributed by atoms with Crippen LogP contribution in [0.1, 0.15) is 13.8 Å². The van der Waals surface area contributed by atoms with Crippen molar-refractivity contribution in [1.29, 1.82) is 0 Å². The van der Waals surface area contributed by atoms with Crippen LogP contribution in [-0.2, 0) is 4.57 Å². The van der Waals surface area contributed by atoms with Crippen LogP contribution in [-0.4, -0.2) is 4.87 Å². The minimum atomic E-state index is -3.36. The van der Waals surface area contributed by atoms with E-state index in [9.17, 15) is 4.57 Å². The molecule has 0 aliphatic carbocycles. The van der Waals surface area contributed by atoms with Crippen molar-refractivity contribution in [2.75, 3.05) is 0 Å². The Hall–Kier alpha value is 1.13. The van der Waals surface area contributed by atoms with Crippen LogP contribution in [0.4, 0.5) is 0 Å². The van der Waals surface area contributed by atoms with Crippen LogP contribution >= 0.6 is 51.5 Å². The third kappa shape index (κ3) is 4.05. The molecule has 0 aliphatic heterocycles. The zero-order valence-corrected chi connectivity index (χ0v) is 9.86. The average Bonchev–Trinajstić information content (AvgIpc) is 1.56. The van der Waals surface area contributed by atoms with Crippen LogP contribution in [0.3, 0.4) is 0 Å². The zero-order chi connectivity index (χ0) is 9.28. The van der Waals surface area contributed by atoms with E-state index in [2.05, 4.69) is 0 Å². The molecule has 11 heavy (non-hydrogen) atoms. The molecule has 0 saturated heterocycles. The molecule has 0 bridgehead atoms. The van der Waals surface area contributed by atoms with Crippen LogP contribution in [0.5, 0.6) is 0 Å². The van der Waals surface area contributed by atoms with Gasteiger partial charge in [0.25, 0.3) is 5.85 Å². The van der Waals surface area contributed by atoms with Crippen LogP contribution in [0.15, 0.2) is 10.8 Å². The molecular formula is C5H7Cl4OP. The maximum atomic E-state index is 11.1. The van der Waals surface area contributed by atoms with E-state index in [0.29, 0.717) is 0 Å². The fourth-order valence-electron chi connectivity index (χ4n) is 0.496. The fourth-order valence-corrected chi connectivity index (χ4v) is 4.50. The highest BCUT2D eigenvalue weighted by atomic mass is 35.9. The lowest BCUT2D eigenvalue weighted by molar-refractivity contribution is 0.593. The number of rotatable bonds is 2. The third-order valence-electron chi connectivity index (χ3n) is 0.993. The standard InChI is InChI=1S/C5H7Cl4OP/c1-5(2,7)4(3-6)11(8,9)10/h3H,1-2H3/b4-3-. The summed E-state index contributed by atoms with van der Waals surface area (Å²) in [6, 6.07) is 0. The van der Waals surface area contributed by atoms with E-state index in [1.807, 2.05) is 0 Å². The van der Waals surface area contributed by atoms with Crippen molar-refractivity contribution in [2.45, 2.75) is 18.7 Å². The van der Waals surface area contributed by atoms with Gasteiger partial charge >= 0.3 is 0 Å². The first kappa shape index (κ1) is 12.1. The molecule has 0 aliphatic rings. The lowest BCUT2D eigenvalue weighted by atomic mass is 10.2. The van der Waals surface area contributed by atoms with Gasteiger partial charge in [-0.25, -0.2) is 0 Å². The molecule has 0 fully saturated rings. The number of hydrogen-bond donors (Lipinski definition) is 0. The molecule has 0 spiro atoms. The molecule has 0 radical (unpaired) electrons. The van der Waals surface area contributed by atoms with Crippen molar-refractivity contribution in [3.63, 3.8) is 0 Å². The molecule has 0 aromatic rings. The normalized spacial score (nSPS) is 15.3. The number of allylic oxidation sites excluding steroid dienone is 1. The fraction of sp³-hybridized carbons (Fsp3) is 0.600. The van der Waals surface area contributed by atoms with Crippen molar-refractivity contribution >= 4 is 51.5 Å². The molecule has 0 aromatic heterocycles. The predicted octanol–water partition coefficient (Wildman–Crippen LogP) is 4.75. The van der Waals surface area contributed by atoms with E-state index >= 15 is 0 Å². The molecule has 66 valence electrons. The van der Waals surface area contributed by atoms with Gasteiger partial charge in [-0.2, -0.15) is 0 Å². The topological polar surface area (TPSA) is 17.1 Å². The van der Waals surface area contributed by atoms with E-state index in [4.69, 9.17) is 45.7 Å².